The van der Waals surface area contributed by atoms with Gasteiger partial charge < -0.3 is 24.8 Å². The maximum atomic E-state index is 13.3. The number of carboxylic acids is 1. The highest BCUT2D eigenvalue weighted by Gasteiger charge is 2.27. The number of nitrogens with zero attached hydrogens (tertiary/aromatic N) is 7. The highest BCUT2D eigenvalue weighted by Crippen LogP contribution is 2.32. The first-order valence-electron chi connectivity index (χ1n) is 23.1. The summed E-state index contributed by atoms with van der Waals surface area (Å²) >= 11 is 0. The lowest BCUT2D eigenvalue weighted by atomic mass is 9.89. The Morgan fingerprint density at radius 3 is 1.53 bits per heavy atom. The molecular weight excluding hydrogens is 880 g/mol. The van der Waals surface area contributed by atoms with E-state index in [9.17, 15) is 9.59 Å². The number of aromatic amines is 2. The van der Waals surface area contributed by atoms with Gasteiger partial charge in [-0.1, -0.05) is 36.4 Å². The van der Waals surface area contributed by atoms with Gasteiger partial charge in [0.05, 0.1) is 42.0 Å². The predicted molar refractivity (Wildman–Crippen MR) is 259 cm³/mol. The summed E-state index contributed by atoms with van der Waals surface area (Å²) in [4.78, 5) is 35.4. The minimum atomic E-state index is -0.953. The molecule has 16 heteroatoms. The van der Waals surface area contributed by atoms with E-state index in [4.69, 9.17) is 30.1 Å². The minimum absolute atomic E-state index is 0. The van der Waals surface area contributed by atoms with E-state index in [0.717, 1.165) is 105 Å². The number of rotatable bonds is 8. The van der Waals surface area contributed by atoms with Gasteiger partial charge in [0.15, 0.2) is 11.6 Å². The van der Waals surface area contributed by atoms with Gasteiger partial charge in [-0.25, -0.2) is 14.8 Å². The fourth-order valence-electron chi connectivity index (χ4n) is 9.06. The summed E-state index contributed by atoms with van der Waals surface area (Å²) in [6.07, 6.45) is 6.15. The number of aromatic carboxylic acids is 1. The van der Waals surface area contributed by atoms with Crippen molar-refractivity contribution < 1.29 is 24.2 Å². The molecule has 6 heterocycles. The van der Waals surface area contributed by atoms with Crippen LogP contribution in [0.2, 0.25) is 0 Å². The molecule has 2 aromatic heterocycles. The lowest BCUT2D eigenvalue weighted by molar-refractivity contribution is 0.0693. The molecule has 4 aliphatic heterocycles. The molecule has 4 saturated heterocycles. The van der Waals surface area contributed by atoms with Gasteiger partial charge in [-0.3, -0.25) is 15.0 Å². The molecule has 0 aliphatic carbocycles. The van der Waals surface area contributed by atoms with Gasteiger partial charge in [0.1, 0.15) is 11.6 Å². The smallest absolute Gasteiger partial charge is 0.335 e. The summed E-state index contributed by atoms with van der Waals surface area (Å²) in [6, 6.07) is 30.9. The van der Waals surface area contributed by atoms with Crippen LogP contribution in [-0.4, -0.2) is 105 Å². The zero-order valence-corrected chi connectivity index (χ0v) is 39.2. The van der Waals surface area contributed by atoms with Gasteiger partial charge in [0.2, 0.25) is 0 Å². The van der Waals surface area contributed by atoms with E-state index in [1.807, 2.05) is 73.3 Å². The number of carbonyl (C=O) groups is 2. The number of carbonyl (C=O) groups excluding carboxylic acids is 1. The largest absolute Gasteiger partial charge is 0.478 e. The van der Waals surface area contributed by atoms with Crippen LogP contribution in [0.5, 0.6) is 0 Å². The van der Waals surface area contributed by atoms with Crippen molar-refractivity contribution in [2.45, 2.75) is 76.0 Å². The molecule has 0 saturated carbocycles. The Labute approximate surface area is 402 Å². The number of ether oxygens (including phenoxy) is 2. The number of piperidine rings is 2. The van der Waals surface area contributed by atoms with Crippen LogP contribution in [0.15, 0.2) is 84.9 Å². The van der Waals surface area contributed by atoms with Crippen molar-refractivity contribution in [3.8, 4) is 34.9 Å². The van der Waals surface area contributed by atoms with Crippen LogP contribution < -0.4 is 5.32 Å². The van der Waals surface area contributed by atoms with E-state index in [1.165, 1.54) is 24.0 Å². The molecule has 68 heavy (non-hydrogen) atoms. The zero-order chi connectivity index (χ0) is 46.7. The fraction of sp³-hybridized carbons (Fsp3) is 0.385. The van der Waals surface area contributed by atoms with Gasteiger partial charge in [0, 0.05) is 54.8 Å². The second kappa shape index (κ2) is 23.3. The van der Waals surface area contributed by atoms with Gasteiger partial charge in [-0.15, -0.1) is 12.4 Å². The monoisotopic (exact) mass is 936 g/mol. The van der Waals surface area contributed by atoms with Gasteiger partial charge in [0.25, 0.3) is 5.91 Å². The Balaban J connectivity index is 0.000000166. The number of amides is 1. The number of halogens is 1. The maximum absolute atomic E-state index is 13.3. The van der Waals surface area contributed by atoms with Gasteiger partial charge in [-0.05, 0) is 148 Å². The third-order valence-electron chi connectivity index (χ3n) is 13.2. The van der Waals surface area contributed by atoms with E-state index in [2.05, 4.69) is 55.0 Å². The van der Waals surface area contributed by atoms with E-state index >= 15 is 0 Å². The number of hydrogen-bond acceptors (Lipinski definition) is 11. The Kier molecular flexibility index (Phi) is 16.9. The topological polar surface area (TPSA) is 219 Å². The van der Waals surface area contributed by atoms with Gasteiger partial charge >= 0.3 is 5.97 Å². The molecule has 15 nitrogen and oxygen atoms in total. The molecule has 0 radical (unpaired) electrons. The summed E-state index contributed by atoms with van der Waals surface area (Å²) < 4.78 is 10.8. The van der Waals surface area contributed by atoms with E-state index in [-0.39, 0.29) is 35.7 Å². The van der Waals surface area contributed by atoms with E-state index in [0.29, 0.717) is 47.8 Å². The first-order valence-corrected chi connectivity index (χ1v) is 23.1. The summed E-state index contributed by atoms with van der Waals surface area (Å²) in [5.74, 6) is 3.52. The van der Waals surface area contributed by atoms with E-state index in [1.54, 1.807) is 18.2 Å². The Morgan fingerprint density at radius 2 is 1.09 bits per heavy atom. The van der Waals surface area contributed by atoms with Crippen LogP contribution in [0, 0.1) is 36.5 Å². The SMILES string of the molecule is Cc1ccc(C(=O)N2CCC(c3ccc(C#N)cc3)CC2)cc1-c1n[nH]c(C2CCOC2)n1.Cc1ccc(C(=O)O)cc1-c1n[nH]c(C2CCOC2)n1.Cl.N#Cc1ccc(C2CCNCC2)cc1. The number of carboxylic acid groups (broad SMARTS) is 1. The number of likely N-dealkylation sites (tertiary alicyclic amines) is 1. The second-order valence-corrected chi connectivity index (χ2v) is 17.6. The molecule has 352 valence electrons. The molecule has 4 N–H and O–H groups in total. The van der Waals surface area contributed by atoms with Crippen molar-refractivity contribution >= 4 is 24.3 Å². The standard InChI is InChI=1S/C26H27N5O2.C14H15N3O3.C12H14N2.ClH/c1-17-2-5-21(14-23(17)25-28-24(29-30-25)22-10-13-33-16-22)26(32)31-11-8-20(9-12-31)19-6-3-18(15-27)4-7-19;1-8-2-3-9(14(18)19)6-11(8)13-15-12(16-17-13)10-4-5-20-7-10;13-9-10-1-3-11(4-2-10)12-5-7-14-8-6-12;/h2-7,14,20,22H,8-13,16H2,1H3,(H,28,29,30);2-3,6,10H,4-5,7H2,1H3,(H,18,19)(H,15,16,17);1-4,12,14H,5-8H2;1H. The average molecular weight is 938 g/mol. The van der Waals surface area contributed by atoms with Crippen molar-refractivity contribution in [3.05, 3.63) is 141 Å². The first kappa shape index (κ1) is 49.2. The molecule has 0 bridgehead atoms. The Hall–Kier alpha value is -6.75. The van der Waals surface area contributed by atoms with Crippen molar-refractivity contribution in [2.24, 2.45) is 0 Å². The minimum Gasteiger partial charge on any atom is -0.478 e. The number of hydrogen-bond donors (Lipinski definition) is 4. The molecule has 4 aliphatic rings. The van der Waals surface area contributed by atoms with Crippen LogP contribution in [0.1, 0.15) is 128 Å². The zero-order valence-electron chi connectivity index (χ0n) is 38.4. The van der Waals surface area contributed by atoms with Gasteiger partial charge in [-0.2, -0.15) is 20.7 Å². The van der Waals surface area contributed by atoms with Crippen molar-refractivity contribution in [3.63, 3.8) is 0 Å². The number of H-pyrrole nitrogens is 2. The predicted octanol–water partition coefficient (Wildman–Crippen LogP) is 8.60. The molecule has 10 rings (SSSR count). The summed E-state index contributed by atoms with van der Waals surface area (Å²) in [5, 5.41) is 44.7. The quantitative estimate of drug-likeness (QED) is 0.113. The molecule has 4 aromatic carbocycles. The van der Waals surface area contributed by atoms with E-state index < -0.39 is 5.97 Å². The second-order valence-electron chi connectivity index (χ2n) is 17.6. The summed E-state index contributed by atoms with van der Waals surface area (Å²) in [5.41, 5.74) is 8.57. The summed E-state index contributed by atoms with van der Waals surface area (Å²) in [7, 11) is 0. The number of aromatic nitrogens is 6. The molecule has 4 fully saturated rings. The van der Waals surface area contributed by atoms with Crippen molar-refractivity contribution in [2.75, 3.05) is 52.6 Å². The number of aryl methyl sites for hydroxylation is 2. The van der Waals surface area contributed by atoms with Crippen molar-refractivity contribution in [1.29, 1.82) is 10.5 Å². The average Bonchev–Trinajstić information content (AvgIpc) is 4.24. The third kappa shape index (κ3) is 12.0. The molecule has 1 amide bonds. The van der Waals surface area contributed by atoms with Crippen molar-refractivity contribution in [1.82, 2.24) is 40.6 Å². The normalized spacial score (nSPS) is 18.2. The highest BCUT2D eigenvalue weighted by atomic mass is 35.5. The Bertz CT molecular complexity index is 2720. The molecule has 0 spiro atoms. The van der Waals surface area contributed by atoms with Crippen LogP contribution in [0.4, 0.5) is 0 Å². The summed E-state index contributed by atoms with van der Waals surface area (Å²) in [6.45, 7) is 10.4. The van der Waals surface area contributed by atoms with Crippen LogP contribution in [0.3, 0.4) is 0 Å². The van der Waals surface area contributed by atoms with Crippen LogP contribution in [0.25, 0.3) is 22.8 Å². The fourth-order valence-corrected chi connectivity index (χ4v) is 9.06. The lowest BCUT2D eigenvalue weighted by Gasteiger charge is -2.32. The number of benzene rings is 4. The molecule has 2 atom stereocenters. The molecule has 6 aromatic rings. The first-order chi connectivity index (χ1) is 32.7. The Morgan fingerprint density at radius 1 is 0.632 bits per heavy atom. The number of nitrogens with one attached hydrogen (secondary N) is 3. The molecular formula is C52H57ClN10O5. The van der Waals surface area contributed by atoms with Crippen LogP contribution in [-0.2, 0) is 9.47 Å². The van der Waals surface area contributed by atoms with Crippen LogP contribution >= 0.6 is 12.4 Å². The molecule has 2 unspecified atom stereocenters. The maximum Gasteiger partial charge on any atom is 0.335 e. The third-order valence-corrected chi connectivity index (χ3v) is 13.2. The lowest BCUT2D eigenvalue weighted by Crippen LogP contribution is -2.37. The number of nitriles is 2. The highest BCUT2D eigenvalue weighted by molar-refractivity contribution is 5.95.